The number of nitrogens with one attached hydrogen (secondary N) is 2. The monoisotopic (exact) mass is 392 g/mol. The number of ether oxygens (including phenoxy) is 1. The Morgan fingerprint density at radius 3 is 2.50 bits per heavy atom. The number of halogens is 4. The Balaban J connectivity index is 1.98. The molecule has 9 heteroatoms. The van der Waals surface area contributed by atoms with Gasteiger partial charge in [-0.3, -0.25) is 0 Å². The van der Waals surface area contributed by atoms with Gasteiger partial charge in [-0.15, -0.1) is 13.2 Å². The minimum atomic E-state index is -4.79. The first-order valence-corrected chi connectivity index (χ1v) is 8.35. The lowest BCUT2D eigenvalue weighted by atomic mass is 10.1. The quantitative estimate of drug-likeness (QED) is 0.554. The first-order chi connectivity index (χ1) is 13.3. The Morgan fingerprint density at radius 1 is 1.00 bits per heavy atom. The van der Waals surface area contributed by atoms with Crippen LogP contribution in [0.5, 0.6) is 5.75 Å². The van der Waals surface area contributed by atoms with Crippen molar-refractivity contribution < 1.29 is 22.3 Å². The summed E-state index contributed by atoms with van der Waals surface area (Å²) in [4.78, 5) is 8.56. The molecule has 3 aromatic rings. The summed E-state index contributed by atoms with van der Waals surface area (Å²) in [7, 11) is 0. The second-order valence-electron chi connectivity index (χ2n) is 5.67. The van der Waals surface area contributed by atoms with E-state index >= 15 is 0 Å². The summed E-state index contributed by atoms with van der Waals surface area (Å²) in [5, 5.41) is 5.80. The normalized spacial score (nSPS) is 11.2. The van der Waals surface area contributed by atoms with Crippen LogP contribution in [0.4, 0.5) is 35.0 Å². The summed E-state index contributed by atoms with van der Waals surface area (Å²) in [5.74, 6) is -0.292. The number of alkyl halides is 3. The van der Waals surface area contributed by atoms with Gasteiger partial charge in [0.2, 0.25) is 5.95 Å². The number of para-hydroxylation sites is 1. The van der Waals surface area contributed by atoms with Crippen LogP contribution in [0, 0.1) is 5.82 Å². The summed E-state index contributed by atoms with van der Waals surface area (Å²) < 4.78 is 55.3. The minimum absolute atomic E-state index is 0.212. The van der Waals surface area contributed by atoms with Gasteiger partial charge in [0.25, 0.3) is 0 Å². The molecule has 0 bridgehead atoms. The number of nitrogens with zero attached hydrogens (tertiary/aromatic N) is 2. The average Bonchev–Trinajstić information content (AvgIpc) is 2.63. The summed E-state index contributed by atoms with van der Waals surface area (Å²) in [6.07, 6.45) is -4.79. The predicted octanol–water partition coefficient (Wildman–Crippen LogP) is 5.36. The van der Waals surface area contributed by atoms with Crippen LogP contribution in [0.3, 0.4) is 0 Å². The van der Waals surface area contributed by atoms with Crippen molar-refractivity contribution in [1.29, 1.82) is 0 Å². The molecule has 0 saturated heterocycles. The molecule has 0 aliphatic carbocycles. The molecule has 0 radical (unpaired) electrons. The Bertz CT molecular complexity index is 963. The van der Waals surface area contributed by atoms with E-state index in [1.807, 2.05) is 6.92 Å². The van der Waals surface area contributed by atoms with Gasteiger partial charge in [0, 0.05) is 18.2 Å². The Morgan fingerprint density at radius 2 is 1.79 bits per heavy atom. The molecular weight excluding hydrogens is 376 g/mol. The van der Waals surface area contributed by atoms with Crippen LogP contribution in [0.15, 0.2) is 54.6 Å². The standard InChI is InChI=1S/C19H16F4N4O/c1-2-24-18-26-16(12-6-5-7-13(10-12)28-19(21,22)23)11-17(27-18)25-15-9-4-3-8-14(15)20/h3-11H,2H2,1H3,(H2,24,25,26,27). The molecule has 0 spiro atoms. The number of aromatic nitrogens is 2. The van der Waals surface area contributed by atoms with Crippen LogP contribution in [-0.2, 0) is 0 Å². The van der Waals surface area contributed by atoms with Gasteiger partial charge in [-0.25, -0.2) is 9.37 Å². The van der Waals surface area contributed by atoms with E-state index in [0.29, 0.717) is 17.8 Å². The molecule has 0 unspecified atom stereocenters. The molecule has 0 aliphatic rings. The fraction of sp³-hybridized carbons (Fsp3) is 0.158. The maximum Gasteiger partial charge on any atom is 0.573 e. The molecule has 0 amide bonds. The first kappa shape index (κ1) is 19.4. The van der Waals surface area contributed by atoms with Crippen molar-refractivity contribution in [3.8, 4) is 17.0 Å². The lowest BCUT2D eigenvalue weighted by molar-refractivity contribution is -0.274. The van der Waals surface area contributed by atoms with Gasteiger partial charge in [0.05, 0.1) is 11.4 Å². The van der Waals surface area contributed by atoms with Crippen molar-refractivity contribution in [2.75, 3.05) is 17.2 Å². The topological polar surface area (TPSA) is 59.1 Å². The number of hydrogen-bond acceptors (Lipinski definition) is 5. The van der Waals surface area contributed by atoms with Crippen LogP contribution in [0.1, 0.15) is 6.92 Å². The lowest BCUT2D eigenvalue weighted by Crippen LogP contribution is -2.17. The molecule has 146 valence electrons. The van der Waals surface area contributed by atoms with E-state index in [2.05, 4.69) is 25.3 Å². The second-order valence-corrected chi connectivity index (χ2v) is 5.67. The van der Waals surface area contributed by atoms with E-state index in [1.54, 1.807) is 24.3 Å². The Labute approximate surface area is 158 Å². The van der Waals surface area contributed by atoms with Crippen molar-refractivity contribution >= 4 is 17.5 Å². The van der Waals surface area contributed by atoms with Crippen molar-refractivity contribution in [2.45, 2.75) is 13.3 Å². The number of anilines is 3. The second kappa shape index (κ2) is 8.12. The van der Waals surface area contributed by atoms with Gasteiger partial charge in [-0.05, 0) is 31.2 Å². The van der Waals surface area contributed by atoms with Gasteiger partial charge in [-0.2, -0.15) is 4.98 Å². The minimum Gasteiger partial charge on any atom is -0.406 e. The highest BCUT2D eigenvalue weighted by atomic mass is 19.4. The maximum absolute atomic E-state index is 13.9. The van der Waals surface area contributed by atoms with Crippen LogP contribution < -0.4 is 15.4 Å². The van der Waals surface area contributed by atoms with Crippen molar-refractivity contribution in [3.05, 3.63) is 60.4 Å². The average molecular weight is 392 g/mol. The van der Waals surface area contributed by atoms with Gasteiger partial charge >= 0.3 is 6.36 Å². The Hall–Kier alpha value is -3.36. The molecule has 2 N–H and O–H groups in total. The molecular formula is C19H16F4N4O. The van der Waals surface area contributed by atoms with E-state index in [-0.39, 0.29) is 23.2 Å². The molecule has 0 aliphatic heterocycles. The van der Waals surface area contributed by atoms with Crippen LogP contribution in [-0.4, -0.2) is 22.9 Å². The molecule has 2 aromatic carbocycles. The summed E-state index contributed by atoms with van der Waals surface area (Å²) in [6, 6.07) is 13.0. The lowest BCUT2D eigenvalue weighted by Gasteiger charge is -2.13. The first-order valence-electron chi connectivity index (χ1n) is 8.35. The van der Waals surface area contributed by atoms with Crippen LogP contribution in [0.25, 0.3) is 11.3 Å². The molecule has 0 saturated carbocycles. The number of benzene rings is 2. The van der Waals surface area contributed by atoms with E-state index in [9.17, 15) is 17.6 Å². The third kappa shape index (κ3) is 5.09. The van der Waals surface area contributed by atoms with Gasteiger partial charge in [0.1, 0.15) is 17.4 Å². The highest BCUT2D eigenvalue weighted by Crippen LogP contribution is 2.29. The van der Waals surface area contributed by atoms with Crippen LogP contribution in [0.2, 0.25) is 0 Å². The zero-order chi connectivity index (χ0) is 20.1. The molecule has 5 nitrogen and oxygen atoms in total. The molecule has 1 aromatic heterocycles. The van der Waals surface area contributed by atoms with E-state index < -0.39 is 12.2 Å². The molecule has 0 fully saturated rings. The third-order valence-corrected chi connectivity index (χ3v) is 3.56. The van der Waals surface area contributed by atoms with Crippen molar-refractivity contribution in [1.82, 2.24) is 9.97 Å². The fourth-order valence-corrected chi connectivity index (χ4v) is 2.45. The largest absolute Gasteiger partial charge is 0.573 e. The maximum atomic E-state index is 13.9. The molecule has 1 heterocycles. The SMILES string of the molecule is CCNc1nc(Nc2ccccc2F)cc(-c2cccc(OC(F)(F)F)c2)n1. The van der Waals surface area contributed by atoms with E-state index in [1.165, 1.54) is 30.3 Å². The summed E-state index contributed by atoms with van der Waals surface area (Å²) >= 11 is 0. The predicted molar refractivity (Wildman–Crippen MR) is 98.0 cm³/mol. The molecule has 28 heavy (non-hydrogen) atoms. The van der Waals surface area contributed by atoms with E-state index in [0.717, 1.165) is 0 Å². The smallest absolute Gasteiger partial charge is 0.406 e. The summed E-state index contributed by atoms with van der Waals surface area (Å²) in [5.41, 5.74) is 0.945. The Kier molecular flexibility index (Phi) is 5.62. The van der Waals surface area contributed by atoms with Crippen molar-refractivity contribution in [2.24, 2.45) is 0 Å². The van der Waals surface area contributed by atoms with Gasteiger partial charge < -0.3 is 15.4 Å². The number of hydrogen-bond donors (Lipinski definition) is 2. The summed E-state index contributed by atoms with van der Waals surface area (Å²) in [6.45, 7) is 2.37. The van der Waals surface area contributed by atoms with E-state index in [4.69, 9.17) is 0 Å². The van der Waals surface area contributed by atoms with Crippen molar-refractivity contribution in [3.63, 3.8) is 0 Å². The van der Waals surface area contributed by atoms with Crippen LogP contribution >= 0.6 is 0 Å². The molecule has 0 atom stereocenters. The molecule has 3 rings (SSSR count). The third-order valence-electron chi connectivity index (χ3n) is 3.56. The zero-order valence-electron chi connectivity index (χ0n) is 14.7. The fourth-order valence-electron chi connectivity index (χ4n) is 2.45. The zero-order valence-corrected chi connectivity index (χ0v) is 14.7. The number of rotatable bonds is 6. The highest BCUT2D eigenvalue weighted by Gasteiger charge is 2.31. The highest BCUT2D eigenvalue weighted by molar-refractivity contribution is 5.68. The van der Waals surface area contributed by atoms with Gasteiger partial charge in [-0.1, -0.05) is 24.3 Å². The van der Waals surface area contributed by atoms with Gasteiger partial charge in [0.15, 0.2) is 0 Å².